The maximum atomic E-state index is 10.9. The first-order valence-corrected chi connectivity index (χ1v) is 8.04. The van der Waals surface area contributed by atoms with Crippen LogP contribution in [0.15, 0.2) is 18.2 Å². The van der Waals surface area contributed by atoms with Crippen LogP contribution in [0, 0.1) is 12.3 Å². The van der Waals surface area contributed by atoms with E-state index in [2.05, 4.69) is 44.3 Å². The molecule has 2 unspecified atom stereocenters. The maximum Gasteiger partial charge on any atom is 0.207 e. The molecule has 0 saturated carbocycles. The first-order chi connectivity index (χ1) is 10.5. The number of unbranched alkanes of at least 4 members (excludes halogenated alkanes) is 1. The highest BCUT2D eigenvalue weighted by atomic mass is 16.5. The Morgan fingerprint density at radius 2 is 2.23 bits per heavy atom. The molecule has 0 bridgehead atoms. The molecule has 0 radical (unpaired) electrons. The van der Waals surface area contributed by atoms with Crippen LogP contribution in [-0.2, 0) is 9.53 Å². The van der Waals surface area contributed by atoms with Crippen molar-refractivity contribution in [2.24, 2.45) is 5.41 Å². The van der Waals surface area contributed by atoms with Gasteiger partial charge >= 0.3 is 0 Å². The zero-order valence-corrected chi connectivity index (χ0v) is 14.0. The third-order valence-electron chi connectivity index (χ3n) is 4.32. The number of hydrogen-bond donors (Lipinski definition) is 1. The van der Waals surface area contributed by atoms with Crippen molar-refractivity contribution < 1.29 is 14.3 Å². The molecule has 1 saturated heterocycles. The highest BCUT2D eigenvalue weighted by Gasteiger charge is 2.43. The first-order valence-electron chi connectivity index (χ1n) is 8.04. The Morgan fingerprint density at radius 3 is 2.91 bits per heavy atom. The van der Waals surface area contributed by atoms with Crippen molar-refractivity contribution in [3.63, 3.8) is 0 Å². The minimum atomic E-state index is -0.130. The Balaban J connectivity index is 2.20. The lowest BCUT2D eigenvalue weighted by molar-refractivity contribution is -0.111. The van der Waals surface area contributed by atoms with Crippen molar-refractivity contribution in [1.29, 1.82) is 0 Å². The minimum Gasteiger partial charge on any atom is -0.493 e. The Labute approximate surface area is 133 Å². The molecule has 2 atom stereocenters. The van der Waals surface area contributed by atoms with E-state index < -0.39 is 0 Å². The van der Waals surface area contributed by atoms with Crippen LogP contribution < -0.4 is 10.1 Å². The highest BCUT2D eigenvalue weighted by Crippen LogP contribution is 2.41. The van der Waals surface area contributed by atoms with E-state index in [1.165, 1.54) is 0 Å². The van der Waals surface area contributed by atoms with Gasteiger partial charge in [0.2, 0.25) is 6.41 Å². The van der Waals surface area contributed by atoms with E-state index in [4.69, 9.17) is 9.47 Å². The van der Waals surface area contributed by atoms with Crippen LogP contribution in [0.2, 0.25) is 0 Å². The second-order valence-electron chi connectivity index (χ2n) is 6.71. The fourth-order valence-corrected chi connectivity index (χ4v) is 2.85. The van der Waals surface area contributed by atoms with Crippen molar-refractivity contribution in [2.45, 2.75) is 52.7 Å². The van der Waals surface area contributed by atoms with Gasteiger partial charge in [0.1, 0.15) is 11.9 Å². The summed E-state index contributed by atoms with van der Waals surface area (Å²) in [6.07, 6.45) is 2.80. The lowest BCUT2D eigenvalue weighted by Gasteiger charge is -2.28. The number of aryl methyl sites for hydroxylation is 1. The summed E-state index contributed by atoms with van der Waals surface area (Å²) in [6, 6.07) is 6.14. The molecular formula is C18H27NO3. The lowest BCUT2D eigenvalue weighted by atomic mass is 9.83. The predicted octanol–water partition coefficient (Wildman–Crippen LogP) is 3.39. The number of carbonyl (C=O) groups excluding carboxylic acids is 1. The minimum absolute atomic E-state index is 0.0313. The van der Waals surface area contributed by atoms with Gasteiger partial charge in [-0.3, -0.25) is 4.79 Å². The molecule has 1 N–H and O–H groups in total. The second kappa shape index (κ2) is 7.14. The van der Waals surface area contributed by atoms with Gasteiger partial charge in [0.15, 0.2) is 0 Å². The molecular weight excluding hydrogens is 278 g/mol. The van der Waals surface area contributed by atoms with E-state index in [0.717, 1.165) is 42.7 Å². The van der Waals surface area contributed by atoms with E-state index in [0.29, 0.717) is 6.61 Å². The summed E-state index contributed by atoms with van der Waals surface area (Å²) in [5, 5.41) is 2.92. The van der Waals surface area contributed by atoms with Gasteiger partial charge in [-0.2, -0.15) is 0 Å². The summed E-state index contributed by atoms with van der Waals surface area (Å²) >= 11 is 0. The van der Waals surface area contributed by atoms with Crippen molar-refractivity contribution in [3.05, 3.63) is 29.3 Å². The Hall–Kier alpha value is -1.55. The van der Waals surface area contributed by atoms with Crippen molar-refractivity contribution in [2.75, 3.05) is 13.2 Å². The van der Waals surface area contributed by atoms with Gasteiger partial charge in [-0.1, -0.05) is 39.3 Å². The third kappa shape index (κ3) is 3.61. The number of benzene rings is 1. The summed E-state index contributed by atoms with van der Waals surface area (Å²) in [5.41, 5.74) is 2.10. The Bertz CT molecular complexity index is 513. The van der Waals surface area contributed by atoms with Crippen molar-refractivity contribution in [1.82, 2.24) is 5.32 Å². The zero-order valence-electron chi connectivity index (χ0n) is 14.0. The maximum absolute atomic E-state index is 10.9. The average Bonchev–Trinajstić information content (AvgIpc) is 2.77. The zero-order chi connectivity index (χ0) is 16.2. The summed E-state index contributed by atoms with van der Waals surface area (Å²) in [7, 11) is 0. The Kier molecular flexibility index (Phi) is 5.46. The summed E-state index contributed by atoms with van der Waals surface area (Å²) in [5.74, 6) is 0.907. The van der Waals surface area contributed by atoms with Crippen molar-refractivity contribution >= 4 is 6.41 Å². The molecule has 22 heavy (non-hydrogen) atoms. The van der Waals surface area contributed by atoms with Crippen LogP contribution in [0.4, 0.5) is 0 Å². The molecule has 1 heterocycles. The normalized spacial score (nSPS) is 23.3. The fraction of sp³-hybridized carbons (Fsp3) is 0.611. The number of carbonyl (C=O) groups is 1. The molecule has 1 aromatic rings. The summed E-state index contributed by atoms with van der Waals surface area (Å²) in [6.45, 7) is 9.78. The summed E-state index contributed by atoms with van der Waals surface area (Å²) in [4.78, 5) is 10.9. The molecule has 0 spiro atoms. The number of hydrogen-bond acceptors (Lipinski definition) is 3. The van der Waals surface area contributed by atoms with Crippen LogP contribution in [0.25, 0.3) is 0 Å². The van der Waals surface area contributed by atoms with E-state index in [1.807, 2.05) is 6.92 Å². The smallest absolute Gasteiger partial charge is 0.207 e. The van der Waals surface area contributed by atoms with Gasteiger partial charge in [0.05, 0.1) is 19.3 Å². The number of ether oxygens (including phenoxy) is 2. The number of amides is 1. The SMILES string of the molecule is CCCCOc1cc(C2OCC(C)(C)C2NC=O)ccc1C. The highest BCUT2D eigenvalue weighted by molar-refractivity contribution is 5.48. The molecule has 1 aromatic carbocycles. The van der Waals surface area contributed by atoms with Crippen LogP contribution in [0.5, 0.6) is 5.75 Å². The van der Waals surface area contributed by atoms with Crippen LogP contribution in [-0.4, -0.2) is 25.7 Å². The average molecular weight is 305 g/mol. The van der Waals surface area contributed by atoms with Gasteiger partial charge in [-0.05, 0) is 30.5 Å². The van der Waals surface area contributed by atoms with Gasteiger partial charge in [0, 0.05) is 5.41 Å². The van der Waals surface area contributed by atoms with Gasteiger partial charge in [-0.25, -0.2) is 0 Å². The number of rotatable bonds is 7. The molecule has 4 heteroatoms. The van der Waals surface area contributed by atoms with E-state index in [-0.39, 0.29) is 17.6 Å². The van der Waals surface area contributed by atoms with Crippen LogP contribution in [0.1, 0.15) is 50.8 Å². The monoisotopic (exact) mass is 305 g/mol. The fourth-order valence-electron chi connectivity index (χ4n) is 2.85. The van der Waals surface area contributed by atoms with E-state index in [9.17, 15) is 4.79 Å². The molecule has 0 aliphatic carbocycles. The standard InChI is InChI=1S/C18H27NO3/c1-5-6-9-21-15-10-14(8-7-13(15)2)16-17(19-12-20)18(3,4)11-22-16/h7-8,10,12,16-17H,5-6,9,11H2,1-4H3,(H,19,20). The molecule has 1 amide bonds. The van der Waals surface area contributed by atoms with Gasteiger partial charge < -0.3 is 14.8 Å². The molecule has 4 nitrogen and oxygen atoms in total. The lowest BCUT2D eigenvalue weighted by Crippen LogP contribution is -2.41. The van der Waals surface area contributed by atoms with E-state index >= 15 is 0 Å². The van der Waals surface area contributed by atoms with Gasteiger partial charge in [-0.15, -0.1) is 0 Å². The molecule has 1 aliphatic heterocycles. The predicted molar refractivity (Wildman–Crippen MR) is 87.0 cm³/mol. The van der Waals surface area contributed by atoms with Gasteiger partial charge in [0.25, 0.3) is 0 Å². The van der Waals surface area contributed by atoms with Crippen LogP contribution >= 0.6 is 0 Å². The van der Waals surface area contributed by atoms with E-state index in [1.54, 1.807) is 0 Å². The molecule has 1 fully saturated rings. The largest absolute Gasteiger partial charge is 0.493 e. The quantitative estimate of drug-likeness (QED) is 0.620. The molecule has 2 rings (SSSR count). The number of nitrogens with one attached hydrogen (secondary N) is 1. The summed E-state index contributed by atoms with van der Waals surface area (Å²) < 4.78 is 11.8. The second-order valence-corrected chi connectivity index (χ2v) is 6.71. The first kappa shape index (κ1) is 16.8. The molecule has 122 valence electrons. The third-order valence-corrected chi connectivity index (χ3v) is 4.32. The topological polar surface area (TPSA) is 47.6 Å². The van der Waals surface area contributed by atoms with Crippen molar-refractivity contribution in [3.8, 4) is 5.75 Å². The Morgan fingerprint density at radius 1 is 1.45 bits per heavy atom. The molecule has 1 aliphatic rings. The molecule has 0 aromatic heterocycles. The van der Waals surface area contributed by atoms with Crippen LogP contribution in [0.3, 0.4) is 0 Å².